The van der Waals surface area contributed by atoms with E-state index < -0.39 is 29.2 Å². The Kier molecular flexibility index (Phi) is 6.90. The number of amides is 1. The van der Waals surface area contributed by atoms with Gasteiger partial charge < -0.3 is 4.74 Å². The molecule has 1 amide bonds. The smallest absolute Gasteiger partial charge is 0.435 e. The molecule has 0 fully saturated rings. The summed E-state index contributed by atoms with van der Waals surface area (Å²) in [6, 6.07) is 17.1. The number of nitrogens with zero attached hydrogens (tertiary/aromatic N) is 2. The van der Waals surface area contributed by atoms with Gasteiger partial charge in [0.1, 0.15) is 12.2 Å². The first-order valence-corrected chi connectivity index (χ1v) is 8.62. The molecule has 2 aromatic carbocycles. The number of hydrogen-bond acceptors (Lipinski definition) is 5. The van der Waals surface area contributed by atoms with Gasteiger partial charge in [-0.3, -0.25) is 15.0 Å². The predicted octanol–water partition coefficient (Wildman–Crippen LogP) is 4.37. The maximum absolute atomic E-state index is 12.7. The van der Waals surface area contributed by atoms with Crippen molar-refractivity contribution < 1.29 is 19.3 Å². The summed E-state index contributed by atoms with van der Waals surface area (Å²) < 4.78 is 5.41. The van der Waals surface area contributed by atoms with Crippen molar-refractivity contribution in [1.82, 2.24) is 5.06 Å². The lowest BCUT2D eigenvalue weighted by Gasteiger charge is -2.31. The van der Waals surface area contributed by atoms with Gasteiger partial charge in [-0.1, -0.05) is 60.7 Å². The van der Waals surface area contributed by atoms with Crippen molar-refractivity contribution in [2.75, 3.05) is 6.54 Å². The molecule has 0 aromatic heterocycles. The van der Waals surface area contributed by atoms with Crippen LogP contribution in [0.3, 0.4) is 0 Å². The summed E-state index contributed by atoms with van der Waals surface area (Å²) in [6.07, 6.45) is -0.769. The fourth-order valence-electron chi connectivity index (χ4n) is 2.43. The Morgan fingerprint density at radius 1 is 1.07 bits per heavy atom. The van der Waals surface area contributed by atoms with E-state index in [0.29, 0.717) is 5.56 Å². The maximum Gasteiger partial charge on any atom is 0.435 e. The minimum atomic E-state index is -0.917. The molecule has 0 spiro atoms. The van der Waals surface area contributed by atoms with Gasteiger partial charge in [-0.15, -0.1) is 0 Å². The minimum Gasteiger partial charge on any atom is -0.442 e. The summed E-state index contributed by atoms with van der Waals surface area (Å²) in [4.78, 5) is 29.2. The summed E-state index contributed by atoms with van der Waals surface area (Å²) in [6.45, 7) is 4.76. The van der Waals surface area contributed by atoms with Crippen LogP contribution in [0.25, 0.3) is 0 Å². The Morgan fingerprint density at radius 2 is 1.63 bits per heavy atom. The first kappa shape index (κ1) is 20.4. The van der Waals surface area contributed by atoms with Crippen molar-refractivity contribution in [2.24, 2.45) is 0 Å². The predicted molar refractivity (Wildman–Crippen MR) is 100 cm³/mol. The molecule has 0 aliphatic heterocycles. The summed E-state index contributed by atoms with van der Waals surface area (Å²) in [7, 11) is 0. The summed E-state index contributed by atoms with van der Waals surface area (Å²) in [5.74, 6) is 0. The average Bonchev–Trinajstić information content (AvgIpc) is 2.61. The lowest BCUT2D eigenvalue weighted by molar-refractivity contribution is -0.492. The Balaban J connectivity index is 2.31. The molecule has 0 saturated carbocycles. The van der Waals surface area contributed by atoms with Crippen LogP contribution >= 0.6 is 0 Å². The number of hydroxylamine groups is 2. The van der Waals surface area contributed by atoms with Crippen LogP contribution in [0.4, 0.5) is 4.79 Å². The van der Waals surface area contributed by atoms with E-state index in [1.54, 1.807) is 51.1 Å². The highest BCUT2D eigenvalue weighted by Crippen LogP contribution is 2.25. The van der Waals surface area contributed by atoms with Gasteiger partial charge in [0.25, 0.3) is 0 Å². The fraction of sp³-hybridized carbons (Fsp3) is 0.350. The van der Waals surface area contributed by atoms with E-state index in [1.807, 2.05) is 30.3 Å². The molecule has 0 aliphatic rings. The molecule has 7 nitrogen and oxygen atoms in total. The molecular weight excluding hydrogens is 348 g/mol. The third kappa shape index (κ3) is 6.71. The van der Waals surface area contributed by atoms with Crippen LogP contribution in [-0.4, -0.2) is 28.2 Å². The summed E-state index contributed by atoms with van der Waals surface area (Å²) >= 11 is 0. The topological polar surface area (TPSA) is 81.9 Å². The van der Waals surface area contributed by atoms with Crippen LogP contribution in [0, 0.1) is 10.1 Å². The van der Waals surface area contributed by atoms with E-state index in [4.69, 9.17) is 9.57 Å². The SMILES string of the molecule is CC(C)(C)OC(=O)N(OCc1ccccc1)[C@@H](C[N+](=O)[O-])c1ccccc1. The molecule has 0 aliphatic carbocycles. The van der Waals surface area contributed by atoms with Crippen LogP contribution in [0.15, 0.2) is 60.7 Å². The van der Waals surface area contributed by atoms with Gasteiger partial charge in [-0.25, -0.2) is 4.79 Å². The summed E-state index contributed by atoms with van der Waals surface area (Å²) in [5.41, 5.74) is 0.661. The number of nitro groups is 1. The van der Waals surface area contributed by atoms with Gasteiger partial charge in [-0.05, 0) is 31.9 Å². The van der Waals surface area contributed by atoms with E-state index in [1.165, 1.54) is 0 Å². The lowest BCUT2D eigenvalue weighted by atomic mass is 10.1. The van der Waals surface area contributed by atoms with Crippen LogP contribution in [0.5, 0.6) is 0 Å². The minimum absolute atomic E-state index is 0.0845. The number of carbonyl (C=O) groups is 1. The van der Waals surface area contributed by atoms with Crippen molar-refractivity contribution in [3.8, 4) is 0 Å². The maximum atomic E-state index is 12.7. The zero-order chi connectivity index (χ0) is 19.9. The average molecular weight is 372 g/mol. The summed E-state index contributed by atoms with van der Waals surface area (Å²) in [5, 5.41) is 12.2. The van der Waals surface area contributed by atoms with Gasteiger partial charge >= 0.3 is 6.09 Å². The fourth-order valence-corrected chi connectivity index (χ4v) is 2.43. The molecule has 0 saturated heterocycles. The molecule has 0 unspecified atom stereocenters. The second-order valence-electron chi connectivity index (χ2n) is 7.01. The molecule has 27 heavy (non-hydrogen) atoms. The quantitative estimate of drug-likeness (QED) is 0.532. The van der Waals surface area contributed by atoms with E-state index in [-0.39, 0.29) is 6.61 Å². The highest BCUT2D eigenvalue weighted by Gasteiger charge is 2.34. The standard InChI is InChI=1S/C20H24N2O5/c1-20(2,3)27-19(23)22(26-15-16-10-6-4-7-11-16)18(14-21(24)25)17-12-8-5-9-13-17/h4-13,18H,14-15H2,1-3H3/t18-/m0/s1. The molecule has 7 heteroatoms. The zero-order valence-electron chi connectivity index (χ0n) is 15.7. The van der Waals surface area contributed by atoms with Gasteiger partial charge in [0.15, 0.2) is 6.04 Å². The van der Waals surface area contributed by atoms with Crippen LogP contribution in [0.2, 0.25) is 0 Å². The van der Waals surface area contributed by atoms with E-state index in [2.05, 4.69) is 0 Å². The molecule has 2 rings (SSSR count). The second kappa shape index (κ2) is 9.14. The van der Waals surface area contributed by atoms with Crippen LogP contribution < -0.4 is 0 Å². The number of hydrogen-bond donors (Lipinski definition) is 0. The van der Waals surface area contributed by atoms with Crippen molar-refractivity contribution in [3.63, 3.8) is 0 Å². The highest BCUT2D eigenvalue weighted by atomic mass is 16.7. The first-order valence-electron chi connectivity index (χ1n) is 8.62. The Labute approximate surface area is 158 Å². The lowest BCUT2D eigenvalue weighted by Crippen LogP contribution is -2.41. The third-order valence-corrected chi connectivity index (χ3v) is 3.58. The van der Waals surface area contributed by atoms with Gasteiger partial charge in [0, 0.05) is 4.92 Å². The number of benzene rings is 2. The normalized spacial score (nSPS) is 12.3. The second-order valence-corrected chi connectivity index (χ2v) is 7.01. The van der Waals surface area contributed by atoms with Crippen molar-refractivity contribution in [3.05, 3.63) is 81.9 Å². The van der Waals surface area contributed by atoms with Crippen LogP contribution in [0.1, 0.15) is 37.9 Å². The number of rotatable bonds is 7. The van der Waals surface area contributed by atoms with Crippen molar-refractivity contribution in [2.45, 2.75) is 39.0 Å². The van der Waals surface area contributed by atoms with Gasteiger partial charge in [0.05, 0.1) is 0 Å². The van der Waals surface area contributed by atoms with Crippen molar-refractivity contribution >= 4 is 6.09 Å². The Bertz CT molecular complexity index is 744. The molecule has 0 heterocycles. The highest BCUT2D eigenvalue weighted by molar-refractivity contribution is 5.67. The monoisotopic (exact) mass is 372 g/mol. The molecule has 0 N–H and O–H groups in total. The largest absolute Gasteiger partial charge is 0.442 e. The molecule has 0 bridgehead atoms. The van der Waals surface area contributed by atoms with Gasteiger partial charge in [-0.2, -0.15) is 5.06 Å². The Hall–Kier alpha value is -2.93. The zero-order valence-corrected chi connectivity index (χ0v) is 15.7. The molecule has 1 atom stereocenters. The first-order chi connectivity index (χ1) is 12.8. The molecule has 0 radical (unpaired) electrons. The van der Waals surface area contributed by atoms with E-state index in [0.717, 1.165) is 10.6 Å². The Morgan fingerprint density at radius 3 is 2.15 bits per heavy atom. The third-order valence-electron chi connectivity index (χ3n) is 3.58. The van der Waals surface area contributed by atoms with Gasteiger partial charge in [0.2, 0.25) is 6.54 Å². The van der Waals surface area contributed by atoms with Crippen molar-refractivity contribution in [1.29, 1.82) is 0 Å². The molecule has 144 valence electrons. The molecular formula is C20H24N2O5. The van der Waals surface area contributed by atoms with E-state index >= 15 is 0 Å². The van der Waals surface area contributed by atoms with Crippen LogP contribution in [-0.2, 0) is 16.2 Å². The number of ether oxygens (including phenoxy) is 1. The molecule has 2 aromatic rings. The number of carbonyl (C=O) groups excluding carboxylic acids is 1. The van der Waals surface area contributed by atoms with E-state index in [9.17, 15) is 14.9 Å².